The molecule has 0 atom stereocenters. The zero-order chi connectivity index (χ0) is 17.8. The summed E-state index contributed by atoms with van der Waals surface area (Å²) in [5.41, 5.74) is 1.44. The highest BCUT2D eigenvalue weighted by molar-refractivity contribution is 6.30. The highest BCUT2D eigenvalue weighted by Crippen LogP contribution is 2.24. The third-order valence-corrected chi connectivity index (χ3v) is 5.20. The summed E-state index contributed by atoms with van der Waals surface area (Å²) in [5.74, 6) is -0.234. The van der Waals surface area contributed by atoms with Gasteiger partial charge in [-0.25, -0.2) is 0 Å². The van der Waals surface area contributed by atoms with Crippen LogP contribution in [-0.4, -0.2) is 29.7 Å². The monoisotopic (exact) mass is 355 g/mol. The Morgan fingerprint density at radius 3 is 2.16 bits per heavy atom. The molecule has 0 unspecified atom stereocenters. The minimum atomic E-state index is -0.155. The van der Waals surface area contributed by atoms with Gasteiger partial charge in [0.15, 0.2) is 5.78 Å². The fourth-order valence-corrected chi connectivity index (χ4v) is 3.57. The van der Waals surface area contributed by atoms with Crippen molar-refractivity contribution in [2.24, 2.45) is 0 Å². The molecule has 0 spiro atoms. The van der Waals surface area contributed by atoms with Gasteiger partial charge in [-0.1, -0.05) is 49.1 Å². The van der Waals surface area contributed by atoms with Crippen molar-refractivity contribution in [2.75, 3.05) is 7.05 Å². The highest BCUT2D eigenvalue weighted by atomic mass is 35.5. The standard InChI is InChI=1S/C21H22ClNO2/c1-23(17-7-3-2-4-8-17)21(25)19-10-6-5-9-18(19)20(24)15-11-13-16(22)14-12-15/h5-6,9-14,17H,2-4,7-8H2,1H3. The molecule has 1 saturated carbocycles. The van der Waals surface area contributed by atoms with E-state index in [0.717, 1.165) is 25.7 Å². The van der Waals surface area contributed by atoms with Gasteiger partial charge in [-0.3, -0.25) is 9.59 Å². The Hall–Kier alpha value is -2.13. The Kier molecular flexibility index (Phi) is 5.54. The summed E-state index contributed by atoms with van der Waals surface area (Å²) in [5, 5.41) is 0.581. The summed E-state index contributed by atoms with van der Waals surface area (Å²) in [6.45, 7) is 0. The number of carbonyl (C=O) groups excluding carboxylic acids is 2. The molecule has 1 amide bonds. The minimum Gasteiger partial charge on any atom is -0.339 e. The predicted octanol–water partition coefficient (Wildman–Crippen LogP) is 4.98. The van der Waals surface area contributed by atoms with Gasteiger partial charge < -0.3 is 4.90 Å². The molecular formula is C21H22ClNO2. The number of benzene rings is 2. The Bertz CT molecular complexity index is 764. The van der Waals surface area contributed by atoms with E-state index in [9.17, 15) is 9.59 Å². The van der Waals surface area contributed by atoms with Crippen LogP contribution in [0.25, 0.3) is 0 Å². The first kappa shape index (κ1) is 17.7. The van der Waals surface area contributed by atoms with Gasteiger partial charge in [-0.15, -0.1) is 0 Å². The lowest BCUT2D eigenvalue weighted by atomic mass is 9.93. The van der Waals surface area contributed by atoms with E-state index < -0.39 is 0 Å². The maximum absolute atomic E-state index is 13.0. The lowest BCUT2D eigenvalue weighted by Crippen LogP contribution is -2.38. The first-order chi connectivity index (χ1) is 12.1. The van der Waals surface area contributed by atoms with Crippen molar-refractivity contribution in [2.45, 2.75) is 38.1 Å². The van der Waals surface area contributed by atoms with Crippen LogP contribution in [0.3, 0.4) is 0 Å². The Morgan fingerprint density at radius 1 is 0.920 bits per heavy atom. The van der Waals surface area contributed by atoms with E-state index in [1.54, 1.807) is 48.5 Å². The first-order valence-electron chi connectivity index (χ1n) is 8.74. The molecule has 0 aromatic heterocycles. The summed E-state index contributed by atoms with van der Waals surface area (Å²) >= 11 is 5.90. The van der Waals surface area contributed by atoms with E-state index in [1.165, 1.54) is 6.42 Å². The Labute approximate surface area is 153 Å². The fraction of sp³-hybridized carbons (Fsp3) is 0.333. The van der Waals surface area contributed by atoms with Gasteiger partial charge in [0.2, 0.25) is 0 Å². The van der Waals surface area contributed by atoms with Gasteiger partial charge in [-0.05, 0) is 43.2 Å². The van der Waals surface area contributed by atoms with E-state index in [2.05, 4.69) is 0 Å². The molecule has 0 heterocycles. The van der Waals surface area contributed by atoms with Gasteiger partial charge in [-0.2, -0.15) is 0 Å². The lowest BCUT2D eigenvalue weighted by Gasteiger charge is -2.31. The van der Waals surface area contributed by atoms with Crippen molar-refractivity contribution in [3.63, 3.8) is 0 Å². The quantitative estimate of drug-likeness (QED) is 0.725. The molecule has 3 nitrogen and oxygen atoms in total. The average Bonchev–Trinajstić information content (AvgIpc) is 2.67. The normalized spacial score (nSPS) is 15.0. The molecule has 0 bridgehead atoms. The zero-order valence-corrected chi connectivity index (χ0v) is 15.1. The van der Waals surface area contributed by atoms with Gasteiger partial charge in [0.25, 0.3) is 5.91 Å². The molecule has 0 N–H and O–H groups in total. The van der Waals surface area contributed by atoms with Crippen molar-refractivity contribution in [1.82, 2.24) is 4.90 Å². The van der Waals surface area contributed by atoms with E-state index in [0.29, 0.717) is 21.7 Å². The molecule has 1 fully saturated rings. The molecule has 0 aliphatic heterocycles. The third-order valence-electron chi connectivity index (χ3n) is 4.95. The highest BCUT2D eigenvalue weighted by Gasteiger charge is 2.26. The summed E-state index contributed by atoms with van der Waals surface area (Å²) in [6, 6.07) is 14.1. The average molecular weight is 356 g/mol. The van der Waals surface area contributed by atoms with E-state index >= 15 is 0 Å². The number of halogens is 1. The van der Waals surface area contributed by atoms with Crippen LogP contribution in [0, 0.1) is 0 Å². The number of amides is 1. The second-order valence-electron chi connectivity index (χ2n) is 6.59. The molecule has 0 radical (unpaired) electrons. The molecule has 25 heavy (non-hydrogen) atoms. The molecule has 2 aromatic carbocycles. The van der Waals surface area contributed by atoms with Crippen LogP contribution >= 0.6 is 11.6 Å². The number of hydrogen-bond acceptors (Lipinski definition) is 2. The Balaban J connectivity index is 1.88. The van der Waals surface area contributed by atoms with Crippen molar-refractivity contribution in [1.29, 1.82) is 0 Å². The van der Waals surface area contributed by atoms with Crippen LogP contribution in [0.4, 0.5) is 0 Å². The van der Waals surface area contributed by atoms with E-state index in [4.69, 9.17) is 11.6 Å². The lowest BCUT2D eigenvalue weighted by molar-refractivity contribution is 0.0692. The van der Waals surface area contributed by atoms with Crippen LogP contribution in [0.1, 0.15) is 58.4 Å². The molecule has 0 saturated heterocycles. The molecular weight excluding hydrogens is 334 g/mol. The largest absolute Gasteiger partial charge is 0.339 e. The number of ketones is 1. The maximum Gasteiger partial charge on any atom is 0.254 e. The molecule has 1 aliphatic carbocycles. The van der Waals surface area contributed by atoms with Gasteiger partial charge in [0.1, 0.15) is 0 Å². The van der Waals surface area contributed by atoms with Gasteiger partial charge in [0, 0.05) is 29.2 Å². The second kappa shape index (κ2) is 7.83. The first-order valence-corrected chi connectivity index (χ1v) is 9.12. The van der Waals surface area contributed by atoms with Crippen LogP contribution in [0.2, 0.25) is 5.02 Å². The zero-order valence-electron chi connectivity index (χ0n) is 14.4. The smallest absolute Gasteiger partial charge is 0.254 e. The summed E-state index contributed by atoms with van der Waals surface area (Å²) in [7, 11) is 1.85. The van der Waals surface area contributed by atoms with Crippen LogP contribution in [0.5, 0.6) is 0 Å². The molecule has 3 rings (SSSR count). The second-order valence-corrected chi connectivity index (χ2v) is 7.03. The Morgan fingerprint density at radius 2 is 1.52 bits per heavy atom. The van der Waals surface area contributed by atoms with Crippen LogP contribution in [-0.2, 0) is 0 Å². The van der Waals surface area contributed by atoms with Crippen LogP contribution < -0.4 is 0 Å². The maximum atomic E-state index is 13.0. The van der Waals surface area contributed by atoms with Gasteiger partial charge in [0.05, 0.1) is 5.56 Å². The molecule has 1 aliphatic rings. The summed E-state index contributed by atoms with van der Waals surface area (Å²) in [4.78, 5) is 27.7. The SMILES string of the molecule is CN(C(=O)c1ccccc1C(=O)c1ccc(Cl)cc1)C1CCCCC1. The number of nitrogens with zero attached hydrogens (tertiary/aromatic N) is 1. The predicted molar refractivity (Wildman–Crippen MR) is 100 cm³/mol. The van der Waals surface area contributed by atoms with Crippen molar-refractivity contribution in [3.05, 3.63) is 70.2 Å². The van der Waals surface area contributed by atoms with E-state index in [1.807, 2.05) is 11.9 Å². The van der Waals surface area contributed by atoms with E-state index in [-0.39, 0.29) is 17.7 Å². The van der Waals surface area contributed by atoms with Crippen LogP contribution in [0.15, 0.2) is 48.5 Å². The van der Waals surface area contributed by atoms with Crippen molar-refractivity contribution >= 4 is 23.3 Å². The minimum absolute atomic E-state index is 0.0789. The van der Waals surface area contributed by atoms with Crippen molar-refractivity contribution in [3.8, 4) is 0 Å². The molecule has 2 aromatic rings. The number of carbonyl (C=O) groups is 2. The number of hydrogen-bond donors (Lipinski definition) is 0. The molecule has 4 heteroatoms. The molecule has 130 valence electrons. The van der Waals surface area contributed by atoms with Crippen molar-refractivity contribution < 1.29 is 9.59 Å². The third kappa shape index (κ3) is 3.93. The topological polar surface area (TPSA) is 37.4 Å². The summed E-state index contributed by atoms with van der Waals surface area (Å²) < 4.78 is 0. The summed E-state index contributed by atoms with van der Waals surface area (Å²) in [6.07, 6.45) is 5.64. The van der Waals surface area contributed by atoms with Gasteiger partial charge >= 0.3 is 0 Å². The number of rotatable bonds is 4. The fourth-order valence-electron chi connectivity index (χ4n) is 3.45.